The molecule has 2 aromatic carbocycles. The van der Waals surface area contributed by atoms with E-state index in [0.717, 1.165) is 16.0 Å². The van der Waals surface area contributed by atoms with Crippen LogP contribution in [0.4, 0.5) is 0 Å². The minimum atomic E-state index is -1.21. The number of carboxylic acid groups (broad SMARTS) is 1. The lowest BCUT2D eigenvalue weighted by molar-refractivity contribution is -0.153. The fourth-order valence-electron chi connectivity index (χ4n) is 4.18. The van der Waals surface area contributed by atoms with Gasteiger partial charge in [0.1, 0.15) is 22.8 Å². The van der Waals surface area contributed by atoms with Gasteiger partial charge in [0, 0.05) is 11.1 Å². The topological polar surface area (TPSA) is 147 Å². The molecule has 0 aliphatic carbocycles. The Balaban J connectivity index is 1.25. The van der Waals surface area contributed by atoms with E-state index >= 15 is 0 Å². The lowest BCUT2D eigenvalue weighted by Gasteiger charge is -2.48. The van der Waals surface area contributed by atoms with Crippen molar-refractivity contribution in [2.24, 2.45) is 5.16 Å². The van der Waals surface area contributed by atoms with Crippen molar-refractivity contribution in [3.05, 3.63) is 100 Å². The molecule has 0 saturated carbocycles. The molecule has 3 aromatic rings. The molecule has 3 heterocycles. The molecule has 1 saturated heterocycles. The summed E-state index contributed by atoms with van der Waals surface area (Å²) in [5.41, 5.74) is 2.88. The van der Waals surface area contributed by atoms with Crippen LogP contribution in [0.25, 0.3) is 0 Å². The molecule has 204 valence electrons. The molecule has 0 spiro atoms. The molecule has 1 unspecified atom stereocenters. The lowest BCUT2D eigenvalue weighted by Crippen LogP contribution is -2.70. The van der Waals surface area contributed by atoms with E-state index in [1.54, 1.807) is 5.38 Å². The lowest BCUT2D eigenvalue weighted by atomic mass is 10.0. The number of hydrogen-bond acceptors (Lipinski definition) is 10. The number of esters is 1. The zero-order chi connectivity index (χ0) is 28.1. The zero-order valence-corrected chi connectivity index (χ0v) is 22.3. The first-order valence-corrected chi connectivity index (χ1v) is 14.0. The maximum absolute atomic E-state index is 13.1. The first kappa shape index (κ1) is 27.1. The normalized spacial score (nSPS) is 18.3. The van der Waals surface area contributed by atoms with Crippen molar-refractivity contribution in [3.63, 3.8) is 0 Å². The monoisotopic (exact) mass is 578 g/mol. The number of β-lactam (4-membered cyclic amide) rings is 1. The van der Waals surface area contributed by atoms with Gasteiger partial charge in [0.2, 0.25) is 6.61 Å². The van der Waals surface area contributed by atoms with Crippen LogP contribution in [0.2, 0.25) is 0 Å². The van der Waals surface area contributed by atoms with Gasteiger partial charge < -0.3 is 20.0 Å². The summed E-state index contributed by atoms with van der Waals surface area (Å²) in [5.74, 6) is -2.84. The number of rotatable bonds is 10. The number of carbonyl (C=O) groups excluding carboxylic acids is 3. The predicted molar refractivity (Wildman–Crippen MR) is 146 cm³/mol. The van der Waals surface area contributed by atoms with Gasteiger partial charge in [0.25, 0.3) is 11.8 Å². The first-order chi connectivity index (χ1) is 19.4. The van der Waals surface area contributed by atoms with Crippen molar-refractivity contribution in [3.8, 4) is 0 Å². The Hall–Kier alpha value is -4.49. The summed E-state index contributed by atoms with van der Waals surface area (Å²) >= 11 is 2.54. The van der Waals surface area contributed by atoms with E-state index < -0.39 is 47.9 Å². The number of aliphatic carboxylic acids is 1. The van der Waals surface area contributed by atoms with Gasteiger partial charge in [-0.05, 0) is 17.2 Å². The minimum absolute atomic E-state index is 0.112. The number of fused-ring (bicyclic) bond motifs is 1. The number of nitrogens with zero attached hydrogens (tertiary/aromatic N) is 3. The SMILES string of the molecule is O=C(CON=C(C(=O)NC1C(=O)N2C(C(=O)O)=CCS[C@@H]12)c1cscn1)OC(c1ccccc1)c1ccccc1. The summed E-state index contributed by atoms with van der Waals surface area (Å²) < 4.78 is 5.70. The van der Waals surface area contributed by atoms with Gasteiger partial charge in [-0.15, -0.1) is 23.1 Å². The van der Waals surface area contributed by atoms with E-state index in [-0.39, 0.29) is 17.1 Å². The zero-order valence-electron chi connectivity index (χ0n) is 20.7. The molecule has 13 heteroatoms. The summed E-state index contributed by atoms with van der Waals surface area (Å²) in [7, 11) is 0. The summed E-state index contributed by atoms with van der Waals surface area (Å²) in [5, 5.41) is 16.8. The van der Waals surface area contributed by atoms with E-state index in [9.17, 15) is 24.3 Å². The summed E-state index contributed by atoms with van der Waals surface area (Å²) in [6, 6.07) is 17.5. The fourth-order valence-corrected chi connectivity index (χ4v) is 5.91. The average Bonchev–Trinajstić information content (AvgIpc) is 3.51. The second kappa shape index (κ2) is 12.1. The second-order valence-corrected chi connectivity index (χ2v) is 10.4. The number of thioether (sulfide) groups is 1. The third kappa shape index (κ3) is 5.75. The predicted octanol–water partition coefficient (Wildman–Crippen LogP) is 2.57. The standard InChI is InChI=1S/C27H22N4O7S2/c32-20(38-23(16-7-3-1-4-8-16)17-9-5-2-6-10-17)13-37-30-21(18-14-39-15-28-18)24(33)29-22-25(34)31-19(27(35)36)11-12-40-26(22)31/h1-11,14-15,22-23,26H,12-13H2,(H,29,33)(H,35,36)/t22?,26-/m0/s1. The van der Waals surface area contributed by atoms with Crippen LogP contribution in [0.3, 0.4) is 0 Å². The smallest absolute Gasteiger partial charge is 0.352 e. The van der Waals surface area contributed by atoms with Crippen LogP contribution in [0.5, 0.6) is 0 Å². The maximum atomic E-state index is 13.1. The number of carboxylic acids is 1. The fraction of sp³-hybridized carbons (Fsp3) is 0.185. The number of nitrogens with one attached hydrogen (secondary N) is 1. The number of carbonyl (C=O) groups is 4. The number of benzene rings is 2. The number of ether oxygens (including phenoxy) is 1. The molecule has 0 bridgehead atoms. The summed E-state index contributed by atoms with van der Waals surface area (Å²) in [6.07, 6.45) is 0.781. The molecule has 5 rings (SSSR count). The molecule has 2 aliphatic heterocycles. The van der Waals surface area contributed by atoms with Gasteiger partial charge in [0.05, 0.1) is 5.51 Å². The van der Waals surface area contributed by atoms with Crippen molar-refractivity contribution in [2.75, 3.05) is 12.4 Å². The van der Waals surface area contributed by atoms with Crippen LogP contribution in [0.1, 0.15) is 22.9 Å². The van der Waals surface area contributed by atoms with Gasteiger partial charge in [-0.25, -0.2) is 14.6 Å². The number of hydrogen-bond donors (Lipinski definition) is 2. The van der Waals surface area contributed by atoms with Crippen molar-refractivity contribution in [2.45, 2.75) is 17.5 Å². The Morgan fingerprint density at radius 1 is 1.10 bits per heavy atom. The molecule has 0 radical (unpaired) electrons. The Labute approximate surface area is 236 Å². The second-order valence-electron chi connectivity index (χ2n) is 8.56. The van der Waals surface area contributed by atoms with E-state index in [0.29, 0.717) is 5.75 Å². The summed E-state index contributed by atoms with van der Waals surface area (Å²) in [4.78, 5) is 60.4. The van der Waals surface area contributed by atoms with Crippen LogP contribution < -0.4 is 5.32 Å². The van der Waals surface area contributed by atoms with Crippen LogP contribution in [0.15, 0.2) is 88.5 Å². The van der Waals surface area contributed by atoms with Crippen LogP contribution in [-0.2, 0) is 28.8 Å². The van der Waals surface area contributed by atoms with Gasteiger partial charge >= 0.3 is 11.9 Å². The Morgan fingerprint density at radius 3 is 2.38 bits per heavy atom. The third-order valence-corrected chi connectivity index (χ3v) is 7.80. The quantitative estimate of drug-likeness (QED) is 0.160. The Bertz CT molecular complexity index is 1420. The maximum Gasteiger partial charge on any atom is 0.352 e. The van der Waals surface area contributed by atoms with Crippen molar-refractivity contribution >= 4 is 52.6 Å². The molecule has 40 heavy (non-hydrogen) atoms. The molecule has 1 fully saturated rings. The highest BCUT2D eigenvalue weighted by Gasteiger charge is 2.53. The highest BCUT2D eigenvalue weighted by atomic mass is 32.2. The Kier molecular flexibility index (Phi) is 8.22. The number of thiazole rings is 1. The van der Waals surface area contributed by atoms with Crippen LogP contribution >= 0.6 is 23.1 Å². The van der Waals surface area contributed by atoms with E-state index in [1.165, 1.54) is 34.7 Å². The number of oxime groups is 1. The average molecular weight is 579 g/mol. The van der Waals surface area contributed by atoms with Crippen LogP contribution in [0, 0.1) is 0 Å². The van der Waals surface area contributed by atoms with E-state index in [1.807, 2.05) is 60.7 Å². The van der Waals surface area contributed by atoms with E-state index in [4.69, 9.17) is 9.57 Å². The van der Waals surface area contributed by atoms with Gasteiger partial charge in [-0.1, -0.05) is 65.8 Å². The highest BCUT2D eigenvalue weighted by molar-refractivity contribution is 8.00. The molecule has 2 amide bonds. The van der Waals surface area contributed by atoms with Crippen molar-refractivity contribution < 1.29 is 33.9 Å². The van der Waals surface area contributed by atoms with Crippen LogP contribution in [-0.4, -0.2) is 68.2 Å². The molecule has 2 aliphatic rings. The van der Waals surface area contributed by atoms with Crippen molar-refractivity contribution in [1.29, 1.82) is 0 Å². The first-order valence-electron chi connectivity index (χ1n) is 12.0. The number of aromatic nitrogens is 1. The van der Waals surface area contributed by atoms with Gasteiger partial charge in [-0.3, -0.25) is 14.5 Å². The Morgan fingerprint density at radius 2 is 1.77 bits per heavy atom. The molecular formula is C27H22N4O7S2. The highest BCUT2D eigenvalue weighted by Crippen LogP contribution is 2.37. The summed E-state index contributed by atoms with van der Waals surface area (Å²) in [6.45, 7) is -0.585. The van der Waals surface area contributed by atoms with E-state index in [2.05, 4.69) is 15.5 Å². The third-order valence-electron chi connectivity index (χ3n) is 6.03. The molecule has 2 N–H and O–H groups in total. The molecule has 2 atom stereocenters. The van der Waals surface area contributed by atoms with Crippen molar-refractivity contribution in [1.82, 2.24) is 15.2 Å². The molecular weight excluding hydrogens is 556 g/mol. The number of amides is 2. The van der Waals surface area contributed by atoms with Gasteiger partial charge in [-0.2, -0.15) is 0 Å². The van der Waals surface area contributed by atoms with Gasteiger partial charge in [0.15, 0.2) is 11.8 Å². The minimum Gasteiger partial charge on any atom is -0.477 e. The molecule has 11 nitrogen and oxygen atoms in total. The largest absolute Gasteiger partial charge is 0.477 e. The molecule has 1 aromatic heterocycles.